The molecule has 2 unspecified atom stereocenters. The molecule has 3 rings (SSSR count). The Morgan fingerprint density at radius 2 is 1.77 bits per heavy atom. The van der Waals surface area contributed by atoms with E-state index in [0.717, 1.165) is 7.11 Å². The van der Waals surface area contributed by atoms with Crippen molar-refractivity contribution in [3.8, 4) is 11.5 Å². The van der Waals surface area contributed by atoms with Crippen LogP contribution in [0.4, 0.5) is 5.69 Å². The normalized spacial score (nSPS) is 12.3. The molecule has 0 radical (unpaired) electrons. The van der Waals surface area contributed by atoms with E-state index in [9.17, 15) is 14.1 Å². The Bertz CT molecular complexity index is 979. The Labute approximate surface area is 180 Å². The van der Waals surface area contributed by atoms with Crippen molar-refractivity contribution in [1.29, 1.82) is 0 Å². The van der Waals surface area contributed by atoms with Gasteiger partial charge in [0.05, 0.1) is 6.61 Å². The molecule has 0 saturated carbocycles. The molecule has 1 aromatic heterocycles. The number of carbonyl (C=O) groups excluding carboxylic acids is 1. The first-order valence-corrected chi connectivity index (χ1v) is 10.6. The van der Waals surface area contributed by atoms with Gasteiger partial charge < -0.3 is 24.7 Å². The molecule has 0 aliphatic heterocycles. The zero-order valence-corrected chi connectivity index (χ0v) is 17.8. The third-order valence-corrected chi connectivity index (χ3v) is 4.50. The Kier molecular flexibility index (Phi) is 8.93. The molecule has 160 valence electrons. The maximum Gasteiger partial charge on any atom is 0.251 e. The second-order valence-electron chi connectivity index (χ2n) is 5.79. The highest BCUT2D eigenvalue weighted by atomic mass is 35.5. The number of hydrogen-bond acceptors (Lipinski definition) is 7. The van der Waals surface area contributed by atoms with Crippen molar-refractivity contribution in [2.75, 3.05) is 24.7 Å². The topological polar surface area (TPSA) is 138 Å². The van der Waals surface area contributed by atoms with E-state index in [2.05, 4.69) is 20.2 Å². The summed E-state index contributed by atoms with van der Waals surface area (Å²) in [6.45, 7) is -0.411. The fourth-order valence-corrected chi connectivity index (χ4v) is 2.96. The lowest BCUT2D eigenvalue weighted by Gasteiger charge is -2.12. The summed E-state index contributed by atoms with van der Waals surface area (Å²) in [5.41, 5.74) is 1.72. The molecule has 0 aliphatic carbocycles. The Balaban J connectivity index is 0.00000155. The number of aromatic nitrogens is 2. The van der Waals surface area contributed by atoms with E-state index in [1.807, 2.05) is 0 Å². The van der Waals surface area contributed by atoms with Crippen LogP contribution >= 0.6 is 11.6 Å². The van der Waals surface area contributed by atoms with E-state index < -0.39 is 29.5 Å². The van der Waals surface area contributed by atoms with E-state index in [0.29, 0.717) is 21.8 Å². The molecule has 2 aromatic carbocycles. The Hall–Kier alpha value is -2.79. The Morgan fingerprint density at radius 1 is 1.13 bits per heavy atom. The van der Waals surface area contributed by atoms with Crippen LogP contribution in [0.2, 0.25) is 5.02 Å². The summed E-state index contributed by atoms with van der Waals surface area (Å²) in [7, 11) is -0.171. The number of halogens is 1. The smallest absolute Gasteiger partial charge is 0.251 e. The first-order valence-electron chi connectivity index (χ1n) is 8.62. The van der Waals surface area contributed by atoms with Gasteiger partial charge in [-0.15, -0.1) is 10.2 Å². The molecule has 0 fully saturated rings. The van der Waals surface area contributed by atoms with E-state index in [-0.39, 0.29) is 11.8 Å². The third kappa shape index (κ3) is 6.36. The van der Waals surface area contributed by atoms with Crippen LogP contribution in [0, 0.1) is 0 Å². The van der Waals surface area contributed by atoms with Crippen LogP contribution < -0.4 is 10.0 Å². The number of anilines is 1. The minimum atomic E-state index is -1.17. The van der Waals surface area contributed by atoms with Gasteiger partial charge in [-0.2, -0.15) is 0 Å². The molecule has 4 N–H and O–H groups in total. The summed E-state index contributed by atoms with van der Waals surface area (Å²) in [5.74, 6) is -0.0894. The molecule has 2 atom stereocenters. The maximum atomic E-state index is 12.3. The summed E-state index contributed by atoms with van der Waals surface area (Å²) in [4.78, 5) is 12.3. The number of rotatable bonds is 7. The van der Waals surface area contributed by atoms with Gasteiger partial charge in [0, 0.05) is 35.2 Å². The minimum Gasteiger partial charge on any atom is -0.418 e. The number of aliphatic hydroxyl groups is 2. The molecule has 0 bridgehead atoms. The SMILES string of the molecule is CO.CS(=O)Nc1ccc(-c2nnc(C(CO)NC(=O)c3ccc(Cl)cc3)o2)cc1. The molecule has 0 aliphatic rings. The van der Waals surface area contributed by atoms with Gasteiger partial charge >= 0.3 is 0 Å². The second kappa shape index (κ2) is 11.4. The van der Waals surface area contributed by atoms with Crippen molar-refractivity contribution < 1.29 is 23.6 Å². The molecule has 1 amide bonds. The monoisotopic (exact) mass is 452 g/mol. The number of hydrogen-bond donors (Lipinski definition) is 4. The molecule has 11 heteroatoms. The Morgan fingerprint density at radius 3 is 2.33 bits per heavy atom. The van der Waals surface area contributed by atoms with Crippen LogP contribution in [0.5, 0.6) is 0 Å². The van der Waals surface area contributed by atoms with Crippen LogP contribution in [0.25, 0.3) is 11.5 Å². The van der Waals surface area contributed by atoms with Crippen LogP contribution in [-0.2, 0) is 11.0 Å². The molecule has 30 heavy (non-hydrogen) atoms. The number of nitrogens with zero attached hydrogens (tertiary/aromatic N) is 2. The van der Waals surface area contributed by atoms with Gasteiger partial charge in [0.2, 0.25) is 11.8 Å². The summed E-state index contributed by atoms with van der Waals surface area (Å²) >= 11 is 5.82. The van der Waals surface area contributed by atoms with Gasteiger partial charge in [-0.25, -0.2) is 4.21 Å². The van der Waals surface area contributed by atoms with Gasteiger partial charge in [0.15, 0.2) is 0 Å². The van der Waals surface area contributed by atoms with Crippen molar-refractivity contribution >= 4 is 34.2 Å². The van der Waals surface area contributed by atoms with E-state index in [1.54, 1.807) is 48.5 Å². The highest BCUT2D eigenvalue weighted by Crippen LogP contribution is 2.23. The van der Waals surface area contributed by atoms with Gasteiger partial charge in [-0.3, -0.25) is 4.79 Å². The fraction of sp³-hybridized carbons (Fsp3) is 0.211. The molecule has 3 aromatic rings. The van der Waals surface area contributed by atoms with Gasteiger partial charge in [0.25, 0.3) is 5.91 Å². The number of carbonyl (C=O) groups is 1. The predicted octanol–water partition coefficient (Wildman–Crippen LogP) is 2.17. The minimum absolute atomic E-state index is 0.0803. The summed E-state index contributed by atoms with van der Waals surface area (Å²) < 4.78 is 19.6. The van der Waals surface area contributed by atoms with Crippen molar-refractivity contribution in [2.45, 2.75) is 6.04 Å². The van der Waals surface area contributed by atoms with Crippen LogP contribution in [0.1, 0.15) is 22.3 Å². The molecule has 1 heterocycles. The van der Waals surface area contributed by atoms with E-state index >= 15 is 0 Å². The molecule has 9 nitrogen and oxygen atoms in total. The zero-order chi connectivity index (χ0) is 22.1. The fourth-order valence-electron chi connectivity index (χ4n) is 2.37. The van der Waals surface area contributed by atoms with Crippen LogP contribution in [0.15, 0.2) is 52.9 Å². The van der Waals surface area contributed by atoms with Gasteiger partial charge in [0.1, 0.15) is 17.0 Å². The highest BCUT2D eigenvalue weighted by Gasteiger charge is 2.21. The maximum absolute atomic E-state index is 12.3. The summed E-state index contributed by atoms with van der Waals surface area (Å²) in [6.07, 6.45) is 1.53. The zero-order valence-electron chi connectivity index (χ0n) is 16.2. The first-order chi connectivity index (χ1) is 14.5. The van der Waals surface area contributed by atoms with Crippen molar-refractivity contribution in [1.82, 2.24) is 15.5 Å². The van der Waals surface area contributed by atoms with Crippen LogP contribution in [0.3, 0.4) is 0 Å². The third-order valence-electron chi connectivity index (χ3n) is 3.73. The van der Waals surface area contributed by atoms with Crippen molar-refractivity contribution in [2.24, 2.45) is 0 Å². The van der Waals surface area contributed by atoms with E-state index in [4.69, 9.17) is 21.1 Å². The number of amides is 1. The number of aliphatic hydroxyl groups excluding tert-OH is 2. The number of nitrogens with one attached hydrogen (secondary N) is 2. The lowest BCUT2D eigenvalue weighted by molar-refractivity contribution is 0.0905. The molecule has 0 saturated heterocycles. The average molecular weight is 453 g/mol. The van der Waals surface area contributed by atoms with Gasteiger partial charge in [-0.1, -0.05) is 11.6 Å². The lowest BCUT2D eigenvalue weighted by Crippen LogP contribution is -2.31. The lowest BCUT2D eigenvalue weighted by atomic mass is 10.2. The quantitative estimate of drug-likeness (QED) is 0.431. The summed E-state index contributed by atoms with van der Waals surface area (Å²) in [5, 5.41) is 27.7. The highest BCUT2D eigenvalue weighted by molar-refractivity contribution is 7.85. The molecular formula is C19H21ClN4O5S. The number of benzene rings is 2. The van der Waals surface area contributed by atoms with E-state index in [1.165, 1.54) is 6.26 Å². The first kappa shape index (κ1) is 23.5. The standard InChI is InChI=1S/C18H17ClN4O4S.CH4O/c1-28(26)23-14-8-4-12(5-9-14)17-21-22-18(27-17)15(10-24)20-16(25)11-2-6-13(19)7-3-11;1-2/h2-9,15,23-24H,10H2,1H3,(H,20,25);2H,1H3. The van der Waals surface area contributed by atoms with Crippen molar-refractivity contribution in [3.63, 3.8) is 0 Å². The molecule has 0 spiro atoms. The van der Waals surface area contributed by atoms with Crippen molar-refractivity contribution in [3.05, 3.63) is 65.0 Å². The second-order valence-corrected chi connectivity index (χ2v) is 7.34. The largest absolute Gasteiger partial charge is 0.418 e. The summed E-state index contributed by atoms with van der Waals surface area (Å²) in [6, 6.07) is 12.4. The average Bonchev–Trinajstić information content (AvgIpc) is 3.24. The predicted molar refractivity (Wildman–Crippen MR) is 114 cm³/mol. The molecular weight excluding hydrogens is 432 g/mol. The van der Waals surface area contributed by atoms with Gasteiger partial charge in [-0.05, 0) is 48.5 Å². The van der Waals surface area contributed by atoms with Crippen LogP contribution in [-0.4, -0.2) is 50.5 Å².